The van der Waals surface area contributed by atoms with Crippen molar-refractivity contribution in [1.82, 2.24) is 10.3 Å². The van der Waals surface area contributed by atoms with Crippen molar-refractivity contribution < 1.29 is 9.59 Å². The van der Waals surface area contributed by atoms with Gasteiger partial charge in [0.05, 0.1) is 11.3 Å². The van der Waals surface area contributed by atoms with E-state index in [0.717, 1.165) is 25.7 Å². The largest absolute Gasteiger partial charge is 0.349 e. The first-order valence-electron chi connectivity index (χ1n) is 8.25. The minimum atomic E-state index is -0.460. The third-order valence-electron chi connectivity index (χ3n) is 4.24. The van der Waals surface area contributed by atoms with Gasteiger partial charge in [0.25, 0.3) is 11.8 Å². The summed E-state index contributed by atoms with van der Waals surface area (Å²) in [6, 6.07) is 12.0. The Labute approximate surface area is 145 Å². The fourth-order valence-electron chi connectivity index (χ4n) is 2.91. The van der Waals surface area contributed by atoms with Gasteiger partial charge in [-0.3, -0.25) is 14.6 Å². The second-order valence-electron chi connectivity index (χ2n) is 6.00. The number of pyridine rings is 1. The molecule has 6 nitrogen and oxygen atoms in total. The number of amides is 2. The highest BCUT2D eigenvalue weighted by Gasteiger charge is 2.19. The lowest BCUT2D eigenvalue weighted by Gasteiger charge is -2.12. The minimum absolute atomic E-state index is 0.131. The quantitative estimate of drug-likeness (QED) is 0.899. The zero-order valence-corrected chi connectivity index (χ0v) is 13.7. The molecule has 126 valence electrons. The molecule has 2 amide bonds. The molecule has 0 atom stereocenters. The van der Waals surface area contributed by atoms with Crippen LogP contribution in [0.2, 0.25) is 0 Å². The van der Waals surface area contributed by atoms with Gasteiger partial charge in [-0.05, 0) is 37.1 Å². The van der Waals surface area contributed by atoms with Crippen molar-refractivity contribution in [3.63, 3.8) is 0 Å². The molecule has 1 heterocycles. The van der Waals surface area contributed by atoms with E-state index in [1.54, 1.807) is 30.3 Å². The molecule has 2 N–H and O–H groups in total. The normalized spacial score (nSPS) is 13.9. The highest BCUT2D eigenvalue weighted by molar-refractivity contribution is 6.05. The number of carbonyl (C=O) groups is 2. The number of nitrogens with zero attached hydrogens (tertiary/aromatic N) is 2. The number of hydrogen-bond donors (Lipinski definition) is 2. The molecule has 1 aliphatic rings. The van der Waals surface area contributed by atoms with Gasteiger partial charge in [0.2, 0.25) is 0 Å². The molecule has 0 saturated heterocycles. The number of nitrogens with one attached hydrogen (secondary N) is 2. The summed E-state index contributed by atoms with van der Waals surface area (Å²) in [7, 11) is 0. The van der Waals surface area contributed by atoms with Crippen molar-refractivity contribution in [1.29, 1.82) is 5.26 Å². The average Bonchev–Trinajstić information content (AvgIpc) is 3.15. The molecule has 0 spiro atoms. The maximum atomic E-state index is 12.4. The lowest BCUT2D eigenvalue weighted by molar-refractivity contribution is 0.0937. The number of hydrogen-bond acceptors (Lipinski definition) is 4. The third-order valence-corrected chi connectivity index (χ3v) is 4.24. The van der Waals surface area contributed by atoms with Crippen LogP contribution in [0.4, 0.5) is 5.69 Å². The van der Waals surface area contributed by atoms with E-state index in [9.17, 15) is 9.59 Å². The summed E-state index contributed by atoms with van der Waals surface area (Å²) in [5.74, 6) is -0.654. The van der Waals surface area contributed by atoms with E-state index in [2.05, 4.69) is 15.6 Å². The van der Waals surface area contributed by atoms with Crippen LogP contribution in [0.5, 0.6) is 0 Å². The van der Waals surface area contributed by atoms with Crippen molar-refractivity contribution in [3.05, 3.63) is 59.4 Å². The molecule has 1 aromatic heterocycles. The van der Waals surface area contributed by atoms with Crippen molar-refractivity contribution in [3.8, 4) is 6.07 Å². The first-order valence-corrected chi connectivity index (χ1v) is 8.25. The summed E-state index contributed by atoms with van der Waals surface area (Å²) in [6.45, 7) is 0. The Bertz CT molecular complexity index is 835. The fraction of sp³-hybridized carbons (Fsp3) is 0.263. The van der Waals surface area contributed by atoms with Crippen LogP contribution in [-0.4, -0.2) is 22.8 Å². The smallest absolute Gasteiger partial charge is 0.274 e. The van der Waals surface area contributed by atoms with E-state index < -0.39 is 5.91 Å². The Morgan fingerprint density at radius 2 is 1.88 bits per heavy atom. The van der Waals surface area contributed by atoms with Crippen LogP contribution < -0.4 is 10.6 Å². The zero-order valence-electron chi connectivity index (χ0n) is 13.7. The van der Waals surface area contributed by atoms with Crippen LogP contribution in [0.1, 0.15) is 52.1 Å². The summed E-state index contributed by atoms with van der Waals surface area (Å²) in [6.07, 6.45) is 5.69. The number of rotatable bonds is 4. The predicted molar refractivity (Wildman–Crippen MR) is 93.1 cm³/mol. The molecule has 1 saturated carbocycles. The van der Waals surface area contributed by atoms with Crippen LogP contribution in [0, 0.1) is 11.3 Å². The van der Waals surface area contributed by atoms with Crippen LogP contribution in [0.15, 0.2) is 42.6 Å². The van der Waals surface area contributed by atoms with Gasteiger partial charge in [-0.25, -0.2) is 0 Å². The van der Waals surface area contributed by atoms with E-state index in [4.69, 9.17) is 5.26 Å². The first kappa shape index (κ1) is 16.7. The van der Waals surface area contributed by atoms with Gasteiger partial charge in [0.15, 0.2) is 0 Å². The number of anilines is 1. The van der Waals surface area contributed by atoms with Crippen molar-refractivity contribution in [2.24, 2.45) is 0 Å². The van der Waals surface area contributed by atoms with E-state index in [0.29, 0.717) is 16.8 Å². The predicted octanol–water partition coefficient (Wildman–Crippen LogP) is 2.88. The van der Waals surface area contributed by atoms with Crippen LogP contribution in [-0.2, 0) is 0 Å². The Kier molecular flexibility index (Phi) is 5.05. The Morgan fingerprint density at radius 1 is 1.12 bits per heavy atom. The zero-order chi connectivity index (χ0) is 17.6. The van der Waals surface area contributed by atoms with E-state index in [1.807, 2.05) is 6.07 Å². The minimum Gasteiger partial charge on any atom is -0.349 e. The van der Waals surface area contributed by atoms with Crippen molar-refractivity contribution >= 4 is 17.5 Å². The summed E-state index contributed by atoms with van der Waals surface area (Å²) in [5.41, 5.74) is 1.32. The highest BCUT2D eigenvalue weighted by Crippen LogP contribution is 2.18. The number of benzene rings is 1. The van der Waals surface area contributed by atoms with Gasteiger partial charge in [-0.1, -0.05) is 25.0 Å². The Balaban J connectivity index is 1.73. The second kappa shape index (κ2) is 7.58. The van der Waals surface area contributed by atoms with E-state index in [1.165, 1.54) is 12.3 Å². The molecule has 0 radical (unpaired) electrons. The number of aromatic nitrogens is 1. The highest BCUT2D eigenvalue weighted by atomic mass is 16.2. The van der Waals surface area contributed by atoms with Gasteiger partial charge in [0.1, 0.15) is 11.8 Å². The summed E-state index contributed by atoms with van der Waals surface area (Å²) in [5, 5.41) is 14.7. The monoisotopic (exact) mass is 334 g/mol. The van der Waals surface area contributed by atoms with Gasteiger partial charge in [-0.2, -0.15) is 5.26 Å². The molecule has 25 heavy (non-hydrogen) atoms. The first-order chi connectivity index (χ1) is 12.2. The van der Waals surface area contributed by atoms with Crippen LogP contribution >= 0.6 is 0 Å². The second-order valence-corrected chi connectivity index (χ2v) is 6.00. The number of para-hydroxylation sites is 1. The van der Waals surface area contributed by atoms with Crippen LogP contribution in [0.25, 0.3) is 0 Å². The topological polar surface area (TPSA) is 94.9 Å². The standard InChI is InChI=1S/C19H18N4O2/c20-12-14-5-1-4-8-16(14)23-19(25)17-11-13(9-10-21-17)18(24)22-15-6-2-3-7-15/h1,4-5,8-11,15H,2-3,6-7H2,(H,22,24)(H,23,25). The van der Waals surface area contributed by atoms with Gasteiger partial charge < -0.3 is 10.6 Å². The molecule has 0 bridgehead atoms. The van der Waals surface area contributed by atoms with Crippen molar-refractivity contribution in [2.45, 2.75) is 31.7 Å². The molecule has 0 aliphatic heterocycles. The van der Waals surface area contributed by atoms with Gasteiger partial charge in [-0.15, -0.1) is 0 Å². The average molecular weight is 334 g/mol. The SMILES string of the molecule is N#Cc1ccccc1NC(=O)c1cc(C(=O)NC2CCCC2)ccn1. The van der Waals surface area contributed by atoms with E-state index >= 15 is 0 Å². The Hall–Kier alpha value is -3.20. The third kappa shape index (κ3) is 4.01. The van der Waals surface area contributed by atoms with Gasteiger partial charge in [0, 0.05) is 17.8 Å². The maximum absolute atomic E-state index is 12.4. The van der Waals surface area contributed by atoms with Gasteiger partial charge >= 0.3 is 0 Å². The molecule has 6 heteroatoms. The number of carbonyl (C=O) groups excluding carboxylic acids is 2. The maximum Gasteiger partial charge on any atom is 0.274 e. The molecule has 3 rings (SSSR count). The summed E-state index contributed by atoms with van der Waals surface area (Å²) >= 11 is 0. The molecule has 0 unspecified atom stereocenters. The summed E-state index contributed by atoms with van der Waals surface area (Å²) in [4.78, 5) is 28.7. The molecule has 2 aromatic rings. The molecule has 1 aliphatic carbocycles. The lowest BCUT2D eigenvalue weighted by Crippen LogP contribution is -2.32. The van der Waals surface area contributed by atoms with Crippen LogP contribution in [0.3, 0.4) is 0 Å². The molecule has 1 fully saturated rings. The molecular formula is C19H18N4O2. The Morgan fingerprint density at radius 3 is 2.64 bits per heavy atom. The fourth-order valence-corrected chi connectivity index (χ4v) is 2.91. The molecule has 1 aromatic carbocycles. The van der Waals surface area contributed by atoms with Crippen molar-refractivity contribution in [2.75, 3.05) is 5.32 Å². The van der Waals surface area contributed by atoms with E-state index in [-0.39, 0.29) is 17.6 Å². The molecular weight excluding hydrogens is 316 g/mol. The number of nitriles is 1. The lowest BCUT2D eigenvalue weighted by atomic mass is 10.1. The summed E-state index contributed by atoms with van der Waals surface area (Å²) < 4.78 is 0.